The van der Waals surface area contributed by atoms with E-state index < -0.39 is 18.6 Å². The van der Waals surface area contributed by atoms with Crippen LogP contribution in [0.25, 0.3) is 11.1 Å². The molecule has 0 saturated carbocycles. The van der Waals surface area contributed by atoms with Crippen molar-refractivity contribution in [1.29, 1.82) is 0 Å². The third-order valence-electron chi connectivity index (χ3n) is 3.64. The van der Waals surface area contributed by atoms with Gasteiger partial charge in [0.2, 0.25) is 0 Å². The molecule has 0 saturated heterocycles. The van der Waals surface area contributed by atoms with Gasteiger partial charge in [-0.05, 0) is 43.3 Å². The number of nitrogens with two attached hydrogens (primary N) is 1. The second kappa shape index (κ2) is 6.83. The predicted molar refractivity (Wildman–Crippen MR) is 87.8 cm³/mol. The van der Waals surface area contributed by atoms with Crippen LogP contribution in [0.2, 0.25) is 0 Å². The van der Waals surface area contributed by atoms with Crippen LogP contribution in [0.4, 0.5) is 29.2 Å². The van der Waals surface area contributed by atoms with Gasteiger partial charge in [-0.15, -0.1) is 0 Å². The molecule has 2 aromatic rings. The molecule has 3 rings (SSSR count). The van der Waals surface area contributed by atoms with Crippen molar-refractivity contribution >= 4 is 11.6 Å². The van der Waals surface area contributed by atoms with Crippen LogP contribution < -0.4 is 15.5 Å². The highest BCUT2D eigenvalue weighted by molar-refractivity contribution is 5.79. The molecule has 1 aliphatic heterocycles. The van der Waals surface area contributed by atoms with Gasteiger partial charge < -0.3 is 10.5 Å². The Morgan fingerprint density at radius 3 is 2.62 bits per heavy atom. The first-order valence-electron chi connectivity index (χ1n) is 7.60. The SMILES string of the molecule is CC1=CCON1c1ccc(-c2cc(F)ccc2OCC(F)(F)F)c(N)n1. The van der Waals surface area contributed by atoms with Crippen LogP contribution in [0.5, 0.6) is 5.75 Å². The molecule has 0 unspecified atom stereocenters. The number of pyridine rings is 1. The maximum absolute atomic E-state index is 13.6. The van der Waals surface area contributed by atoms with E-state index in [-0.39, 0.29) is 22.7 Å². The standard InChI is InChI=1S/C17H15F4N3O2/c1-10-6-7-26-24(10)15-5-3-12(16(22)23-15)13-8-11(18)2-4-14(13)25-9-17(19,20)21/h2-6,8H,7,9H2,1H3,(H2,22,23). The van der Waals surface area contributed by atoms with Gasteiger partial charge in [0.15, 0.2) is 12.4 Å². The number of ether oxygens (including phenoxy) is 1. The van der Waals surface area contributed by atoms with E-state index in [9.17, 15) is 17.6 Å². The second-order valence-electron chi connectivity index (χ2n) is 5.58. The normalized spacial score (nSPS) is 14.5. The van der Waals surface area contributed by atoms with Gasteiger partial charge in [0.25, 0.3) is 0 Å². The van der Waals surface area contributed by atoms with Crippen molar-refractivity contribution in [3.63, 3.8) is 0 Å². The summed E-state index contributed by atoms with van der Waals surface area (Å²) < 4.78 is 55.7. The average molecular weight is 369 g/mol. The van der Waals surface area contributed by atoms with Crippen molar-refractivity contribution in [2.45, 2.75) is 13.1 Å². The van der Waals surface area contributed by atoms with E-state index in [2.05, 4.69) is 4.98 Å². The fourth-order valence-corrected chi connectivity index (χ4v) is 2.47. The largest absolute Gasteiger partial charge is 0.483 e. The van der Waals surface area contributed by atoms with E-state index in [1.807, 2.05) is 13.0 Å². The van der Waals surface area contributed by atoms with Crippen LogP contribution in [0.3, 0.4) is 0 Å². The highest BCUT2D eigenvalue weighted by Crippen LogP contribution is 2.36. The van der Waals surface area contributed by atoms with Gasteiger partial charge in [0.1, 0.15) is 17.4 Å². The second-order valence-corrected chi connectivity index (χ2v) is 5.58. The van der Waals surface area contributed by atoms with Crippen LogP contribution in [0, 0.1) is 5.82 Å². The maximum Gasteiger partial charge on any atom is 0.422 e. The van der Waals surface area contributed by atoms with E-state index in [1.54, 1.807) is 6.07 Å². The number of aromatic nitrogens is 1. The van der Waals surface area contributed by atoms with Gasteiger partial charge in [-0.3, -0.25) is 4.84 Å². The molecule has 1 aromatic heterocycles. The monoisotopic (exact) mass is 369 g/mol. The number of nitrogens with zero attached hydrogens (tertiary/aromatic N) is 2. The lowest BCUT2D eigenvalue weighted by Crippen LogP contribution is -2.19. The van der Waals surface area contributed by atoms with Gasteiger partial charge in [0, 0.05) is 16.8 Å². The fraction of sp³-hybridized carbons (Fsp3) is 0.235. The summed E-state index contributed by atoms with van der Waals surface area (Å²) in [4.78, 5) is 9.58. The van der Waals surface area contributed by atoms with E-state index >= 15 is 0 Å². The van der Waals surface area contributed by atoms with Crippen LogP contribution in [0.15, 0.2) is 42.1 Å². The number of halogens is 4. The Morgan fingerprint density at radius 1 is 1.23 bits per heavy atom. The van der Waals surface area contributed by atoms with Crippen LogP contribution >= 0.6 is 0 Å². The number of hydrogen-bond donors (Lipinski definition) is 1. The smallest absolute Gasteiger partial charge is 0.422 e. The van der Waals surface area contributed by atoms with Gasteiger partial charge in [0.05, 0.1) is 6.61 Å². The highest BCUT2D eigenvalue weighted by atomic mass is 19.4. The van der Waals surface area contributed by atoms with Crippen LogP contribution in [-0.4, -0.2) is 24.4 Å². The minimum atomic E-state index is -4.52. The van der Waals surface area contributed by atoms with E-state index in [1.165, 1.54) is 11.1 Å². The average Bonchev–Trinajstić information content (AvgIpc) is 2.99. The van der Waals surface area contributed by atoms with E-state index in [0.717, 1.165) is 23.9 Å². The molecule has 9 heteroatoms. The van der Waals surface area contributed by atoms with Gasteiger partial charge in [-0.2, -0.15) is 13.2 Å². The third kappa shape index (κ3) is 3.88. The number of hydrogen-bond acceptors (Lipinski definition) is 5. The molecule has 26 heavy (non-hydrogen) atoms. The number of hydroxylamine groups is 1. The molecule has 0 amide bonds. The topological polar surface area (TPSA) is 60.6 Å². The summed E-state index contributed by atoms with van der Waals surface area (Å²) in [5.74, 6) is -0.358. The number of nitrogen functional groups attached to an aromatic ring is 1. The third-order valence-corrected chi connectivity index (χ3v) is 3.64. The molecule has 2 N–H and O–H groups in total. The van der Waals surface area contributed by atoms with Crippen molar-refractivity contribution in [2.75, 3.05) is 24.0 Å². The van der Waals surface area contributed by atoms with E-state index in [4.69, 9.17) is 15.3 Å². The molecule has 1 aromatic carbocycles. The van der Waals surface area contributed by atoms with Crippen molar-refractivity contribution in [3.8, 4) is 16.9 Å². The molecule has 138 valence electrons. The summed E-state index contributed by atoms with van der Waals surface area (Å²) in [5.41, 5.74) is 7.12. The Balaban J connectivity index is 1.95. The first-order chi connectivity index (χ1) is 12.2. The molecular formula is C17H15F4N3O2. The maximum atomic E-state index is 13.6. The minimum Gasteiger partial charge on any atom is -0.483 e. The Morgan fingerprint density at radius 2 is 2.00 bits per heavy atom. The zero-order chi connectivity index (χ0) is 18.9. The quantitative estimate of drug-likeness (QED) is 0.824. The lowest BCUT2D eigenvalue weighted by Gasteiger charge is -2.19. The summed E-state index contributed by atoms with van der Waals surface area (Å²) >= 11 is 0. The highest BCUT2D eigenvalue weighted by Gasteiger charge is 2.29. The Hall–Kier alpha value is -2.81. The molecule has 0 aliphatic carbocycles. The molecule has 1 aliphatic rings. The van der Waals surface area contributed by atoms with Crippen LogP contribution in [0.1, 0.15) is 6.92 Å². The molecule has 0 spiro atoms. The number of alkyl halides is 3. The number of benzene rings is 1. The van der Waals surface area contributed by atoms with Gasteiger partial charge in [-0.1, -0.05) is 0 Å². The Kier molecular flexibility index (Phi) is 4.73. The number of anilines is 2. The summed E-state index contributed by atoms with van der Waals surface area (Å²) in [5, 5.41) is 1.48. The first kappa shape index (κ1) is 18.0. The minimum absolute atomic E-state index is 0.00765. The Labute approximate surface area is 146 Å². The molecule has 0 bridgehead atoms. The zero-order valence-electron chi connectivity index (χ0n) is 13.7. The summed E-state index contributed by atoms with van der Waals surface area (Å²) in [6.07, 6.45) is -2.67. The molecular weight excluding hydrogens is 354 g/mol. The first-order valence-corrected chi connectivity index (χ1v) is 7.60. The number of rotatable bonds is 4. The zero-order valence-corrected chi connectivity index (χ0v) is 13.7. The van der Waals surface area contributed by atoms with Crippen molar-refractivity contribution in [2.24, 2.45) is 0 Å². The molecule has 0 radical (unpaired) electrons. The summed E-state index contributed by atoms with van der Waals surface area (Å²) in [6.45, 7) is 0.728. The molecule has 5 nitrogen and oxygen atoms in total. The van der Waals surface area contributed by atoms with Crippen molar-refractivity contribution in [1.82, 2.24) is 4.98 Å². The van der Waals surface area contributed by atoms with E-state index in [0.29, 0.717) is 12.4 Å². The number of allylic oxidation sites excluding steroid dienone is 1. The molecule has 0 atom stereocenters. The fourth-order valence-electron chi connectivity index (χ4n) is 2.47. The lowest BCUT2D eigenvalue weighted by molar-refractivity contribution is -0.153. The van der Waals surface area contributed by atoms with Crippen LogP contribution in [-0.2, 0) is 4.84 Å². The predicted octanol–water partition coefficient (Wildman–Crippen LogP) is 4.07. The molecule has 0 fully saturated rings. The molecule has 2 heterocycles. The summed E-state index contributed by atoms with van der Waals surface area (Å²) in [6, 6.07) is 6.30. The van der Waals surface area contributed by atoms with Gasteiger partial charge >= 0.3 is 6.18 Å². The van der Waals surface area contributed by atoms with Gasteiger partial charge in [-0.25, -0.2) is 14.4 Å². The van der Waals surface area contributed by atoms with Crippen molar-refractivity contribution in [3.05, 3.63) is 47.9 Å². The summed E-state index contributed by atoms with van der Waals surface area (Å²) in [7, 11) is 0. The van der Waals surface area contributed by atoms with Crippen molar-refractivity contribution < 1.29 is 27.1 Å². The Bertz CT molecular complexity index is 852. The lowest BCUT2D eigenvalue weighted by atomic mass is 10.1.